The quantitative estimate of drug-likeness (QED) is 0.699. The Morgan fingerprint density at radius 3 is 2.69 bits per heavy atom. The van der Waals surface area contributed by atoms with Crippen LogP contribution in [-0.2, 0) is 0 Å². The zero-order valence-corrected chi connectivity index (χ0v) is 8.94. The number of H-pyrrole nitrogens is 1. The molecular formula is C11H7ClN4. The lowest BCUT2D eigenvalue weighted by atomic mass is 10.1. The van der Waals surface area contributed by atoms with E-state index in [2.05, 4.69) is 20.2 Å². The van der Waals surface area contributed by atoms with Gasteiger partial charge in [0.15, 0.2) is 5.15 Å². The molecule has 16 heavy (non-hydrogen) atoms. The molecule has 3 rings (SSSR count). The van der Waals surface area contributed by atoms with E-state index in [1.54, 1.807) is 6.33 Å². The Bertz CT molecular complexity index is 633. The van der Waals surface area contributed by atoms with Crippen molar-refractivity contribution < 1.29 is 0 Å². The number of hydrogen-bond donors (Lipinski definition) is 1. The number of nitrogens with one attached hydrogen (secondary N) is 1. The Labute approximate surface area is 96.3 Å². The van der Waals surface area contributed by atoms with E-state index in [1.165, 1.54) is 0 Å². The molecule has 4 nitrogen and oxygen atoms in total. The average molecular weight is 231 g/mol. The van der Waals surface area contributed by atoms with Crippen LogP contribution in [-0.4, -0.2) is 20.2 Å². The zero-order chi connectivity index (χ0) is 11.0. The topological polar surface area (TPSA) is 54.5 Å². The maximum atomic E-state index is 5.90. The molecule has 78 valence electrons. The predicted octanol–water partition coefficient (Wildman–Crippen LogP) is 2.67. The molecule has 0 aliphatic carbocycles. The number of aromatic nitrogens is 4. The van der Waals surface area contributed by atoms with Gasteiger partial charge >= 0.3 is 0 Å². The van der Waals surface area contributed by atoms with Gasteiger partial charge in [0.05, 0.1) is 11.8 Å². The first-order valence-corrected chi connectivity index (χ1v) is 5.15. The number of aromatic amines is 1. The van der Waals surface area contributed by atoms with Crippen molar-refractivity contribution in [3.63, 3.8) is 0 Å². The maximum Gasteiger partial charge on any atom is 0.179 e. The molecule has 1 aromatic carbocycles. The molecule has 0 atom stereocenters. The van der Waals surface area contributed by atoms with Crippen molar-refractivity contribution >= 4 is 22.6 Å². The molecule has 2 heterocycles. The molecule has 3 aromatic rings. The largest absolute Gasteiger partial charge is 0.343 e. The summed E-state index contributed by atoms with van der Waals surface area (Å²) in [5.41, 5.74) is 3.21. The number of halogens is 1. The fourth-order valence-electron chi connectivity index (χ4n) is 1.62. The molecule has 0 saturated heterocycles. The van der Waals surface area contributed by atoms with Crippen LogP contribution in [0.4, 0.5) is 0 Å². The second-order valence-electron chi connectivity index (χ2n) is 3.33. The highest BCUT2D eigenvalue weighted by molar-refractivity contribution is 6.33. The van der Waals surface area contributed by atoms with Crippen LogP contribution in [0.2, 0.25) is 5.15 Å². The van der Waals surface area contributed by atoms with Gasteiger partial charge in [0.2, 0.25) is 0 Å². The molecule has 5 heteroatoms. The number of rotatable bonds is 1. The minimum Gasteiger partial charge on any atom is -0.343 e. The van der Waals surface area contributed by atoms with E-state index < -0.39 is 0 Å². The van der Waals surface area contributed by atoms with Crippen molar-refractivity contribution in [1.82, 2.24) is 20.2 Å². The molecule has 0 aliphatic heterocycles. The van der Waals surface area contributed by atoms with Gasteiger partial charge in [-0.3, -0.25) is 0 Å². The first-order chi connectivity index (χ1) is 7.86. The van der Waals surface area contributed by atoms with Gasteiger partial charge in [0.1, 0.15) is 11.2 Å². The van der Waals surface area contributed by atoms with E-state index in [4.69, 9.17) is 11.6 Å². The number of hydrogen-bond acceptors (Lipinski definition) is 3. The Morgan fingerprint density at radius 1 is 1.06 bits per heavy atom. The second-order valence-corrected chi connectivity index (χ2v) is 3.69. The molecule has 2 aromatic heterocycles. The van der Waals surface area contributed by atoms with Crippen LogP contribution in [0.25, 0.3) is 22.3 Å². The van der Waals surface area contributed by atoms with Crippen molar-refractivity contribution in [3.8, 4) is 11.3 Å². The third-order valence-electron chi connectivity index (χ3n) is 2.36. The van der Waals surface area contributed by atoms with Crippen LogP contribution in [0.3, 0.4) is 0 Å². The number of nitrogens with zero attached hydrogens (tertiary/aromatic N) is 3. The number of fused-ring (bicyclic) bond motifs is 1. The van der Waals surface area contributed by atoms with Gasteiger partial charge in [0, 0.05) is 5.56 Å². The minimum absolute atomic E-state index is 0.316. The molecule has 0 radical (unpaired) electrons. The lowest BCUT2D eigenvalue weighted by Gasteiger charge is -2.01. The van der Waals surface area contributed by atoms with Gasteiger partial charge < -0.3 is 4.98 Å². The fraction of sp³-hybridized carbons (Fsp3) is 0. The molecule has 0 unspecified atom stereocenters. The van der Waals surface area contributed by atoms with Gasteiger partial charge in [-0.05, 0) is 0 Å². The normalized spacial score (nSPS) is 10.8. The van der Waals surface area contributed by atoms with Crippen molar-refractivity contribution in [2.45, 2.75) is 0 Å². The Morgan fingerprint density at radius 2 is 1.88 bits per heavy atom. The molecule has 0 aliphatic rings. The Kier molecular flexibility index (Phi) is 2.08. The lowest BCUT2D eigenvalue weighted by Crippen LogP contribution is -1.90. The summed E-state index contributed by atoms with van der Waals surface area (Å²) in [6.45, 7) is 0. The summed E-state index contributed by atoms with van der Waals surface area (Å²) in [4.78, 5) is 7.14. The third-order valence-corrected chi connectivity index (χ3v) is 2.61. The Balaban J connectivity index is 2.33. The molecule has 0 saturated carbocycles. The summed E-state index contributed by atoms with van der Waals surface area (Å²) >= 11 is 5.90. The van der Waals surface area contributed by atoms with E-state index in [-0.39, 0.29) is 0 Å². The fourth-order valence-corrected chi connectivity index (χ4v) is 1.80. The molecule has 1 N–H and O–H groups in total. The summed E-state index contributed by atoms with van der Waals surface area (Å²) in [6, 6.07) is 9.80. The summed E-state index contributed by atoms with van der Waals surface area (Å²) in [6.07, 6.45) is 1.59. The first kappa shape index (κ1) is 9.30. The standard InChI is InChI=1S/C11H7ClN4/c12-11-10-9(13-6-14-10)8(15-16-11)7-4-2-1-3-5-7/h1-6H,(H,13,14). The number of imidazole rings is 1. The van der Waals surface area contributed by atoms with Crippen LogP contribution in [0, 0.1) is 0 Å². The number of benzene rings is 1. The van der Waals surface area contributed by atoms with E-state index in [0.29, 0.717) is 10.7 Å². The maximum absolute atomic E-state index is 5.90. The third kappa shape index (κ3) is 1.35. The van der Waals surface area contributed by atoms with Crippen molar-refractivity contribution in [2.75, 3.05) is 0 Å². The van der Waals surface area contributed by atoms with Crippen LogP contribution in [0.5, 0.6) is 0 Å². The molecule has 0 fully saturated rings. The van der Waals surface area contributed by atoms with E-state index in [1.807, 2.05) is 30.3 Å². The first-order valence-electron chi connectivity index (χ1n) is 4.77. The van der Waals surface area contributed by atoms with Gasteiger partial charge in [-0.1, -0.05) is 41.9 Å². The second kappa shape index (κ2) is 3.57. The average Bonchev–Trinajstić information content (AvgIpc) is 2.81. The van der Waals surface area contributed by atoms with Gasteiger partial charge in [-0.2, -0.15) is 0 Å². The lowest BCUT2D eigenvalue weighted by molar-refractivity contribution is 1.05. The van der Waals surface area contributed by atoms with E-state index in [0.717, 1.165) is 16.8 Å². The summed E-state index contributed by atoms with van der Waals surface area (Å²) in [7, 11) is 0. The molecule has 0 spiro atoms. The van der Waals surface area contributed by atoms with E-state index in [9.17, 15) is 0 Å². The van der Waals surface area contributed by atoms with Crippen LogP contribution in [0.15, 0.2) is 36.7 Å². The van der Waals surface area contributed by atoms with Crippen molar-refractivity contribution in [2.24, 2.45) is 0 Å². The van der Waals surface area contributed by atoms with Gasteiger partial charge in [-0.15, -0.1) is 10.2 Å². The van der Waals surface area contributed by atoms with Gasteiger partial charge in [0.25, 0.3) is 0 Å². The van der Waals surface area contributed by atoms with Crippen LogP contribution < -0.4 is 0 Å². The Hall–Kier alpha value is -1.94. The zero-order valence-electron chi connectivity index (χ0n) is 8.18. The van der Waals surface area contributed by atoms with Crippen molar-refractivity contribution in [3.05, 3.63) is 41.8 Å². The smallest absolute Gasteiger partial charge is 0.179 e. The summed E-state index contributed by atoms with van der Waals surface area (Å²) < 4.78 is 0. The highest BCUT2D eigenvalue weighted by Crippen LogP contribution is 2.26. The van der Waals surface area contributed by atoms with E-state index >= 15 is 0 Å². The van der Waals surface area contributed by atoms with Crippen LogP contribution in [0.1, 0.15) is 0 Å². The highest BCUT2D eigenvalue weighted by atomic mass is 35.5. The predicted molar refractivity (Wildman–Crippen MR) is 62.1 cm³/mol. The molecular weight excluding hydrogens is 224 g/mol. The SMILES string of the molecule is Clc1nnc(-c2ccccc2)c2[nH]cnc12. The summed E-state index contributed by atoms with van der Waals surface area (Å²) in [5.74, 6) is 0. The highest BCUT2D eigenvalue weighted by Gasteiger charge is 2.11. The molecule has 0 bridgehead atoms. The van der Waals surface area contributed by atoms with Crippen molar-refractivity contribution in [1.29, 1.82) is 0 Å². The minimum atomic E-state index is 0.316. The monoisotopic (exact) mass is 230 g/mol. The summed E-state index contributed by atoms with van der Waals surface area (Å²) in [5, 5.41) is 8.30. The van der Waals surface area contributed by atoms with Gasteiger partial charge in [-0.25, -0.2) is 4.98 Å². The van der Waals surface area contributed by atoms with Crippen LogP contribution >= 0.6 is 11.6 Å². The molecule has 0 amide bonds.